The molecule has 0 aliphatic carbocycles. The van der Waals surface area contributed by atoms with Gasteiger partial charge in [0.05, 0.1) is 6.61 Å². The second-order valence-electron chi connectivity index (χ2n) is 9.56. The average Bonchev–Trinajstić information content (AvgIpc) is 2.84. The average molecular weight is 461 g/mol. The third-order valence-corrected chi connectivity index (χ3v) is 7.60. The molecule has 0 saturated carbocycles. The summed E-state index contributed by atoms with van der Waals surface area (Å²) < 4.78 is 18.1. The highest BCUT2D eigenvalue weighted by molar-refractivity contribution is 5.71. The zero-order valence-electron chi connectivity index (χ0n) is 21.6. The van der Waals surface area contributed by atoms with Crippen molar-refractivity contribution in [3.63, 3.8) is 0 Å². The van der Waals surface area contributed by atoms with E-state index in [4.69, 9.17) is 14.2 Å². The molecule has 0 bridgehead atoms. The fraction of sp³-hybridized carbons (Fsp3) is 0.400. The lowest BCUT2D eigenvalue weighted by Gasteiger charge is -2.36. The van der Waals surface area contributed by atoms with Crippen molar-refractivity contribution in [2.24, 2.45) is 0 Å². The van der Waals surface area contributed by atoms with E-state index in [0.29, 0.717) is 0 Å². The van der Waals surface area contributed by atoms with Gasteiger partial charge in [-0.15, -0.1) is 0 Å². The van der Waals surface area contributed by atoms with Gasteiger partial charge in [0.15, 0.2) is 0 Å². The van der Waals surface area contributed by atoms with E-state index in [2.05, 4.69) is 78.8 Å². The third-order valence-electron chi connectivity index (χ3n) is 7.60. The standard InChI is InChI=1S/C30H36O4/c1-16-17(2)19(4)29-25(18(16)3)27(23-12-10-9-11-13-23)26-22(7)28(33-15-24(31)14-32-8)20(5)21(6)30(26)34-29/h9-13,24,27,31H,14-15H2,1-8H3. The van der Waals surface area contributed by atoms with E-state index in [1.165, 1.54) is 33.4 Å². The summed E-state index contributed by atoms with van der Waals surface area (Å²) in [5.74, 6) is 2.75. The lowest BCUT2D eigenvalue weighted by atomic mass is 9.75. The van der Waals surface area contributed by atoms with E-state index < -0.39 is 6.10 Å². The molecule has 1 aliphatic rings. The molecule has 4 nitrogen and oxygen atoms in total. The van der Waals surface area contributed by atoms with Gasteiger partial charge in [0.2, 0.25) is 0 Å². The first-order valence-electron chi connectivity index (χ1n) is 11.9. The highest BCUT2D eigenvalue weighted by Gasteiger charge is 2.36. The van der Waals surface area contributed by atoms with Crippen LogP contribution in [-0.4, -0.2) is 31.5 Å². The van der Waals surface area contributed by atoms with Crippen LogP contribution in [-0.2, 0) is 4.74 Å². The van der Waals surface area contributed by atoms with E-state index in [1.54, 1.807) is 7.11 Å². The molecule has 180 valence electrons. The fourth-order valence-corrected chi connectivity index (χ4v) is 5.24. The predicted octanol–water partition coefficient (Wildman–Crippen LogP) is 6.52. The minimum absolute atomic E-state index is 0.0310. The lowest BCUT2D eigenvalue weighted by molar-refractivity contribution is 0.0321. The quantitative estimate of drug-likeness (QED) is 0.356. The third kappa shape index (κ3) is 3.89. The summed E-state index contributed by atoms with van der Waals surface area (Å²) in [5.41, 5.74) is 11.8. The van der Waals surface area contributed by atoms with Crippen molar-refractivity contribution in [2.45, 2.75) is 60.5 Å². The maximum absolute atomic E-state index is 10.2. The Morgan fingerprint density at radius 2 is 1.29 bits per heavy atom. The Balaban J connectivity index is 1.99. The monoisotopic (exact) mass is 460 g/mol. The van der Waals surface area contributed by atoms with Crippen LogP contribution in [0.1, 0.15) is 61.6 Å². The summed E-state index contributed by atoms with van der Waals surface area (Å²) in [7, 11) is 1.58. The van der Waals surface area contributed by atoms with E-state index in [9.17, 15) is 5.11 Å². The molecule has 0 fully saturated rings. The number of fused-ring (bicyclic) bond motifs is 2. The van der Waals surface area contributed by atoms with Crippen LogP contribution in [0.2, 0.25) is 0 Å². The summed E-state index contributed by atoms with van der Waals surface area (Å²) in [6.07, 6.45) is -0.683. The minimum Gasteiger partial charge on any atom is -0.490 e. The maximum Gasteiger partial charge on any atom is 0.135 e. The Hall–Kier alpha value is -2.82. The summed E-state index contributed by atoms with van der Waals surface area (Å²) in [6.45, 7) is 15.4. The highest BCUT2D eigenvalue weighted by Crippen LogP contribution is 2.55. The topological polar surface area (TPSA) is 47.9 Å². The van der Waals surface area contributed by atoms with Crippen molar-refractivity contribution < 1.29 is 19.3 Å². The summed E-state index contributed by atoms with van der Waals surface area (Å²) >= 11 is 0. The van der Waals surface area contributed by atoms with Crippen LogP contribution in [0.15, 0.2) is 30.3 Å². The Labute approximate surface area is 203 Å². The minimum atomic E-state index is -0.683. The van der Waals surface area contributed by atoms with Gasteiger partial charge in [0.25, 0.3) is 0 Å². The Morgan fingerprint density at radius 3 is 1.91 bits per heavy atom. The zero-order chi connectivity index (χ0) is 24.7. The van der Waals surface area contributed by atoms with Crippen LogP contribution in [0.4, 0.5) is 0 Å². The second-order valence-corrected chi connectivity index (χ2v) is 9.56. The van der Waals surface area contributed by atoms with Gasteiger partial charge in [-0.2, -0.15) is 0 Å². The van der Waals surface area contributed by atoms with E-state index in [1.807, 2.05) is 0 Å². The molecule has 2 unspecified atom stereocenters. The number of ether oxygens (including phenoxy) is 3. The molecule has 2 atom stereocenters. The Morgan fingerprint density at radius 1 is 0.735 bits per heavy atom. The number of hydrogen-bond acceptors (Lipinski definition) is 4. The smallest absolute Gasteiger partial charge is 0.135 e. The molecule has 1 heterocycles. The Kier molecular flexibility index (Phi) is 6.75. The van der Waals surface area contributed by atoms with E-state index in [0.717, 1.165) is 39.5 Å². The van der Waals surface area contributed by atoms with Crippen molar-refractivity contribution in [1.82, 2.24) is 0 Å². The molecule has 1 N–H and O–H groups in total. The molecular weight excluding hydrogens is 424 g/mol. The molecule has 4 heteroatoms. The number of aliphatic hydroxyl groups excluding tert-OH is 1. The van der Waals surface area contributed by atoms with Gasteiger partial charge < -0.3 is 19.3 Å². The number of benzene rings is 3. The molecule has 0 aromatic heterocycles. The van der Waals surface area contributed by atoms with Crippen LogP contribution in [0.5, 0.6) is 17.2 Å². The zero-order valence-corrected chi connectivity index (χ0v) is 21.6. The van der Waals surface area contributed by atoms with Crippen molar-refractivity contribution in [2.75, 3.05) is 20.3 Å². The molecule has 3 aromatic rings. The summed E-state index contributed by atoms with van der Waals surface area (Å²) in [6, 6.07) is 10.7. The molecule has 34 heavy (non-hydrogen) atoms. The predicted molar refractivity (Wildman–Crippen MR) is 137 cm³/mol. The van der Waals surface area contributed by atoms with E-state index >= 15 is 0 Å². The maximum atomic E-state index is 10.2. The summed E-state index contributed by atoms with van der Waals surface area (Å²) in [4.78, 5) is 0. The SMILES string of the molecule is COCC(O)COc1c(C)c(C)c2c(c1C)C(c1ccccc1)c1c(C)c(C)c(C)c(C)c1O2. The van der Waals surface area contributed by atoms with Gasteiger partial charge in [-0.1, -0.05) is 30.3 Å². The normalized spacial score (nSPS) is 15.4. The highest BCUT2D eigenvalue weighted by atomic mass is 16.5. The van der Waals surface area contributed by atoms with Crippen LogP contribution >= 0.6 is 0 Å². The van der Waals surface area contributed by atoms with Crippen LogP contribution in [0, 0.1) is 48.5 Å². The lowest BCUT2D eigenvalue weighted by Crippen LogP contribution is -2.24. The van der Waals surface area contributed by atoms with Crippen LogP contribution < -0.4 is 9.47 Å². The van der Waals surface area contributed by atoms with Gasteiger partial charge in [0.1, 0.15) is 30.0 Å². The van der Waals surface area contributed by atoms with Gasteiger partial charge in [-0.05, 0) is 93.0 Å². The van der Waals surface area contributed by atoms with E-state index in [-0.39, 0.29) is 19.1 Å². The first-order valence-corrected chi connectivity index (χ1v) is 11.9. The van der Waals surface area contributed by atoms with Crippen LogP contribution in [0.25, 0.3) is 0 Å². The second kappa shape index (κ2) is 9.44. The first-order chi connectivity index (χ1) is 16.2. The van der Waals surface area contributed by atoms with Gasteiger partial charge in [0, 0.05) is 24.2 Å². The molecule has 0 radical (unpaired) electrons. The van der Waals surface area contributed by atoms with Crippen LogP contribution in [0.3, 0.4) is 0 Å². The molecule has 0 saturated heterocycles. The van der Waals surface area contributed by atoms with Crippen molar-refractivity contribution in [3.05, 3.63) is 86.0 Å². The number of rotatable bonds is 6. The number of methoxy groups -OCH3 is 1. The van der Waals surface area contributed by atoms with Crippen molar-refractivity contribution in [1.29, 1.82) is 0 Å². The molecule has 4 rings (SSSR count). The molecule has 0 amide bonds. The van der Waals surface area contributed by atoms with Gasteiger partial charge >= 0.3 is 0 Å². The van der Waals surface area contributed by atoms with Crippen molar-refractivity contribution >= 4 is 0 Å². The molecule has 0 spiro atoms. The summed E-state index contributed by atoms with van der Waals surface area (Å²) in [5, 5.41) is 10.2. The van der Waals surface area contributed by atoms with Gasteiger partial charge in [-0.25, -0.2) is 0 Å². The fourth-order valence-electron chi connectivity index (χ4n) is 5.24. The first kappa shape index (κ1) is 24.3. The molecular formula is C30H36O4. The number of hydrogen-bond donors (Lipinski definition) is 1. The molecule has 1 aliphatic heterocycles. The van der Waals surface area contributed by atoms with Crippen molar-refractivity contribution in [3.8, 4) is 17.2 Å². The van der Waals surface area contributed by atoms with Gasteiger partial charge in [-0.3, -0.25) is 0 Å². The largest absolute Gasteiger partial charge is 0.490 e. The Bertz CT molecular complexity index is 1230. The molecule has 3 aromatic carbocycles. The number of aliphatic hydroxyl groups is 1.